The summed E-state index contributed by atoms with van der Waals surface area (Å²) in [6, 6.07) is 0. The fourth-order valence-electron chi connectivity index (χ4n) is 2.90. The smallest absolute Gasteiger partial charge is 0.394 e. The molecule has 1 fully saturated rings. The van der Waals surface area contributed by atoms with Crippen LogP contribution in [0.2, 0.25) is 0 Å². The molecule has 0 bridgehead atoms. The van der Waals surface area contributed by atoms with E-state index in [1.807, 2.05) is 0 Å². The van der Waals surface area contributed by atoms with Crippen molar-refractivity contribution in [3.63, 3.8) is 0 Å². The molecule has 0 aliphatic carbocycles. The molecule has 2 aromatic heterocycles. The molecule has 4 unspecified atom stereocenters. The monoisotopic (exact) mass is 391 g/mol. The highest BCUT2D eigenvalue weighted by molar-refractivity contribution is 5.90. The third-order valence-corrected chi connectivity index (χ3v) is 4.21. The molecule has 0 spiro atoms. The summed E-state index contributed by atoms with van der Waals surface area (Å²) in [5.74, 6) is -2.19. The zero-order chi connectivity index (χ0) is 19.9. The second-order valence-electron chi connectivity index (χ2n) is 5.93. The molecule has 2 aromatic rings. The summed E-state index contributed by atoms with van der Waals surface area (Å²) in [5.41, 5.74) is 6.05. The van der Waals surface area contributed by atoms with Gasteiger partial charge in [0.2, 0.25) is 0 Å². The lowest BCUT2D eigenvalue weighted by Gasteiger charge is -2.17. The van der Waals surface area contributed by atoms with Gasteiger partial charge in [-0.05, 0) is 0 Å². The number of carbonyl (C=O) groups is 1. The quantitative estimate of drug-likeness (QED) is 0.435. The lowest BCUT2D eigenvalue weighted by Crippen LogP contribution is -2.36. The topological polar surface area (TPSA) is 156 Å². The van der Waals surface area contributed by atoms with Gasteiger partial charge in [-0.2, -0.15) is 13.2 Å². The Balaban J connectivity index is 1.98. The number of aliphatic hydroxyl groups is 3. The minimum atomic E-state index is -5.05. The van der Waals surface area contributed by atoms with Crippen molar-refractivity contribution in [3.05, 3.63) is 18.1 Å². The summed E-state index contributed by atoms with van der Waals surface area (Å²) in [4.78, 5) is 18.8. The summed E-state index contributed by atoms with van der Waals surface area (Å²) < 4.78 is 43.9. The molecule has 0 radical (unpaired) electrons. The van der Waals surface area contributed by atoms with Crippen LogP contribution >= 0.6 is 0 Å². The van der Waals surface area contributed by atoms with Gasteiger partial charge < -0.3 is 35.7 Å². The van der Waals surface area contributed by atoms with Crippen molar-refractivity contribution in [2.24, 2.45) is 0 Å². The average molecular weight is 391 g/mol. The predicted molar refractivity (Wildman–Crippen MR) is 82.9 cm³/mol. The number of aromatic nitrogens is 3. The van der Waals surface area contributed by atoms with Gasteiger partial charge in [0.05, 0.1) is 12.0 Å². The Morgan fingerprint density at radius 3 is 2.63 bits per heavy atom. The molecule has 13 heteroatoms. The first-order chi connectivity index (χ1) is 12.6. The maximum atomic E-state index is 12.4. The molecule has 1 amide bonds. The van der Waals surface area contributed by atoms with Crippen LogP contribution in [0.5, 0.6) is 0 Å². The van der Waals surface area contributed by atoms with Crippen LogP contribution in [0.4, 0.5) is 19.0 Å². The van der Waals surface area contributed by atoms with Crippen molar-refractivity contribution >= 4 is 22.8 Å². The molecule has 0 saturated carbocycles. The number of ether oxygens (including phenoxy) is 1. The van der Waals surface area contributed by atoms with Crippen LogP contribution in [0.1, 0.15) is 11.8 Å². The van der Waals surface area contributed by atoms with E-state index in [0.29, 0.717) is 0 Å². The standard InChI is InChI=1S/C14H16F3N5O5/c15-14(16,17)13(26)19-1-5-2-22(11-7(5)10(18)20-4-21-11)12-9(25)8(24)6(3-23)27-12/h2,4,6,8-9,12,23-25H,1,3H2,(H,19,26)(H2,18,20,21). The molecule has 1 aliphatic rings. The Kier molecular flexibility index (Phi) is 4.94. The zero-order valence-electron chi connectivity index (χ0n) is 13.6. The van der Waals surface area contributed by atoms with E-state index >= 15 is 0 Å². The van der Waals surface area contributed by atoms with Crippen LogP contribution in [-0.2, 0) is 16.1 Å². The number of alkyl halides is 3. The number of halogens is 3. The minimum Gasteiger partial charge on any atom is -0.394 e. The number of hydrogen-bond acceptors (Lipinski definition) is 8. The van der Waals surface area contributed by atoms with E-state index in [2.05, 4.69) is 9.97 Å². The van der Waals surface area contributed by atoms with E-state index < -0.39 is 49.8 Å². The number of hydrogen-bond donors (Lipinski definition) is 5. The Morgan fingerprint density at radius 2 is 2.04 bits per heavy atom. The van der Waals surface area contributed by atoms with Crippen LogP contribution in [0, 0.1) is 0 Å². The Labute approximate surface area is 149 Å². The van der Waals surface area contributed by atoms with Crippen molar-refractivity contribution in [3.8, 4) is 0 Å². The number of fused-ring (bicyclic) bond motifs is 1. The van der Waals surface area contributed by atoms with Crippen LogP contribution in [0.25, 0.3) is 11.0 Å². The maximum Gasteiger partial charge on any atom is 0.471 e. The van der Waals surface area contributed by atoms with E-state index in [9.17, 15) is 33.3 Å². The highest BCUT2D eigenvalue weighted by atomic mass is 19.4. The van der Waals surface area contributed by atoms with Gasteiger partial charge >= 0.3 is 12.1 Å². The molecular formula is C14H16F3N5O5. The van der Waals surface area contributed by atoms with E-state index in [4.69, 9.17) is 10.5 Å². The van der Waals surface area contributed by atoms with Gasteiger partial charge in [0.1, 0.15) is 36.1 Å². The third-order valence-electron chi connectivity index (χ3n) is 4.21. The molecule has 27 heavy (non-hydrogen) atoms. The van der Waals surface area contributed by atoms with Gasteiger partial charge in [0.15, 0.2) is 6.23 Å². The number of nitrogens with zero attached hydrogens (tertiary/aromatic N) is 3. The fourth-order valence-corrected chi connectivity index (χ4v) is 2.90. The number of nitrogens with one attached hydrogen (secondary N) is 1. The van der Waals surface area contributed by atoms with Crippen molar-refractivity contribution in [2.45, 2.75) is 37.3 Å². The van der Waals surface area contributed by atoms with Crippen LogP contribution in [0.3, 0.4) is 0 Å². The average Bonchev–Trinajstić information content (AvgIpc) is 3.11. The second kappa shape index (κ2) is 6.92. The first kappa shape index (κ1) is 19.3. The van der Waals surface area contributed by atoms with Crippen molar-refractivity contribution in [1.29, 1.82) is 0 Å². The second-order valence-corrected chi connectivity index (χ2v) is 5.93. The molecule has 3 heterocycles. The van der Waals surface area contributed by atoms with Gasteiger partial charge in [0.25, 0.3) is 0 Å². The number of rotatable bonds is 4. The molecule has 6 N–H and O–H groups in total. The van der Waals surface area contributed by atoms with Gasteiger partial charge in [-0.25, -0.2) is 9.97 Å². The summed E-state index contributed by atoms with van der Waals surface area (Å²) in [6.45, 7) is -1.09. The highest BCUT2D eigenvalue weighted by Gasteiger charge is 2.44. The maximum absolute atomic E-state index is 12.4. The Morgan fingerprint density at radius 1 is 1.33 bits per heavy atom. The van der Waals surface area contributed by atoms with E-state index in [0.717, 1.165) is 6.33 Å². The minimum absolute atomic E-state index is 0.0539. The van der Waals surface area contributed by atoms with Crippen LogP contribution in [0.15, 0.2) is 12.5 Å². The predicted octanol–water partition coefficient (Wildman–Crippen LogP) is -1.20. The summed E-state index contributed by atoms with van der Waals surface area (Å²) in [6.07, 6.45) is -7.73. The van der Waals surface area contributed by atoms with Gasteiger partial charge in [-0.1, -0.05) is 0 Å². The third kappa shape index (κ3) is 3.41. The molecule has 4 atom stereocenters. The molecule has 10 nitrogen and oxygen atoms in total. The van der Waals surface area contributed by atoms with Crippen LogP contribution in [-0.4, -0.2) is 66.9 Å². The first-order valence-electron chi connectivity index (χ1n) is 7.72. The van der Waals surface area contributed by atoms with Crippen molar-refractivity contribution < 1.29 is 38.0 Å². The summed E-state index contributed by atoms with van der Waals surface area (Å²) in [5, 5.41) is 31.2. The SMILES string of the molecule is Nc1ncnc2c1c(CNC(=O)C(F)(F)F)cn2C1OC(CO)C(O)C1O. The van der Waals surface area contributed by atoms with Crippen molar-refractivity contribution in [1.82, 2.24) is 19.9 Å². The number of nitrogens with two attached hydrogens (primary N) is 1. The molecule has 1 saturated heterocycles. The number of aliphatic hydroxyl groups excluding tert-OH is 3. The summed E-state index contributed by atoms with van der Waals surface area (Å²) >= 11 is 0. The fraction of sp³-hybridized carbons (Fsp3) is 0.500. The van der Waals surface area contributed by atoms with Gasteiger partial charge in [-0.15, -0.1) is 0 Å². The van der Waals surface area contributed by atoms with Crippen molar-refractivity contribution in [2.75, 3.05) is 12.3 Å². The highest BCUT2D eigenvalue weighted by Crippen LogP contribution is 2.34. The first-order valence-corrected chi connectivity index (χ1v) is 7.72. The van der Waals surface area contributed by atoms with E-state index in [1.165, 1.54) is 10.8 Å². The molecule has 1 aliphatic heterocycles. The van der Waals surface area contributed by atoms with Crippen LogP contribution < -0.4 is 11.1 Å². The molecule has 0 aromatic carbocycles. The van der Waals surface area contributed by atoms with Gasteiger partial charge in [-0.3, -0.25) is 4.79 Å². The number of nitrogen functional groups attached to an aromatic ring is 1. The van der Waals surface area contributed by atoms with Gasteiger partial charge in [0, 0.05) is 18.3 Å². The normalized spacial score (nSPS) is 25.9. The molecular weight excluding hydrogens is 375 g/mol. The largest absolute Gasteiger partial charge is 0.471 e. The summed E-state index contributed by atoms with van der Waals surface area (Å²) in [7, 11) is 0. The number of amides is 1. The Bertz CT molecular complexity index is 858. The number of carbonyl (C=O) groups excluding carboxylic acids is 1. The molecule has 3 rings (SSSR count). The Hall–Kier alpha value is -2.48. The van der Waals surface area contributed by atoms with E-state index in [-0.39, 0.29) is 22.4 Å². The van der Waals surface area contributed by atoms with E-state index in [1.54, 1.807) is 5.32 Å². The molecule has 148 valence electrons. The lowest BCUT2D eigenvalue weighted by atomic mass is 10.1. The zero-order valence-corrected chi connectivity index (χ0v) is 13.6. The number of anilines is 1. The lowest BCUT2D eigenvalue weighted by molar-refractivity contribution is -0.173.